The molecule has 0 spiro atoms. The zero-order valence-corrected chi connectivity index (χ0v) is 15.7. The second-order valence-electron chi connectivity index (χ2n) is 7.12. The lowest BCUT2D eigenvalue weighted by molar-refractivity contribution is 0.0528. The Balaban J connectivity index is 1.74. The topological polar surface area (TPSA) is 82.9 Å². The third-order valence-electron chi connectivity index (χ3n) is 4.52. The summed E-state index contributed by atoms with van der Waals surface area (Å²) in [5, 5.41) is 2.77. The number of nitrogens with zero attached hydrogens (tertiary/aromatic N) is 4. The van der Waals surface area contributed by atoms with Crippen molar-refractivity contribution in [1.82, 2.24) is 24.4 Å². The van der Waals surface area contributed by atoms with Gasteiger partial charge in [0.05, 0.1) is 12.3 Å². The molecule has 1 saturated heterocycles. The van der Waals surface area contributed by atoms with E-state index in [-0.39, 0.29) is 17.7 Å². The first-order valence-corrected chi connectivity index (χ1v) is 9.19. The molecule has 26 heavy (non-hydrogen) atoms. The molecule has 2 aromatic rings. The number of hydrogen-bond acceptors (Lipinski definition) is 6. The van der Waals surface area contributed by atoms with Crippen molar-refractivity contribution in [2.24, 2.45) is 5.92 Å². The van der Waals surface area contributed by atoms with Crippen LogP contribution < -0.4 is 5.56 Å². The predicted octanol–water partition coefficient (Wildman–Crippen LogP) is 0.973. The van der Waals surface area contributed by atoms with E-state index in [9.17, 15) is 9.59 Å². The van der Waals surface area contributed by atoms with Crippen LogP contribution in [0.3, 0.4) is 0 Å². The van der Waals surface area contributed by atoms with Gasteiger partial charge in [0.25, 0.3) is 5.56 Å². The molecule has 0 atom stereocenters. The summed E-state index contributed by atoms with van der Waals surface area (Å²) >= 11 is 0. The van der Waals surface area contributed by atoms with Crippen molar-refractivity contribution >= 4 is 11.6 Å². The van der Waals surface area contributed by atoms with Crippen molar-refractivity contribution in [3.63, 3.8) is 0 Å². The fraction of sp³-hybridized carbons (Fsp3) is 0.611. The van der Waals surface area contributed by atoms with E-state index in [4.69, 9.17) is 4.74 Å². The monoisotopic (exact) mass is 361 g/mol. The molecular weight excluding hydrogens is 334 g/mol. The Labute approximate surface area is 152 Å². The van der Waals surface area contributed by atoms with Crippen LogP contribution in [-0.4, -0.2) is 69.7 Å². The summed E-state index contributed by atoms with van der Waals surface area (Å²) in [5.41, 5.74) is 1.06. The summed E-state index contributed by atoms with van der Waals surface area (Å²) in [6, 6.07) is 1.53. The van der Waals surface area contributed by atoms with Crippen LogP contribution in [0.1, 0.15) is 36.8 Å². The van der Waals surface area contributed by atoms with Gasteiger partial charge >= 0.3 is 5.97 Å². The van der Waals surface area contributed by atoms with Crippen LogP contribution in [0.15, 0.2) is 17.1 Å². The molecule has 0 bridgehead atoms. The van der Waals surface area contributed by atoms with Crippen LogP contribution in [-0.2, 0) is 11.3 Å². The SMILES string of the molecule is CCOC(=O)c1c[nH]n2c(=O)cc(CN3CCN(CC(C)C)CC3)nc12. The summed E-state index contributed by atoms with van der Waals surface area (Å²) in [6.07, 6.45) is 1.47. The first kappa shape index (κ1) is 18.6. The number of carbonyl (C=O) groups is 1. The van der Waals surface area contributed by atoms with Gasteiger partial charge in [0.1, 0.15) is 5.56 Å². The minimum Gasteiger partial charge on any atom is -0.462 e. The van der Waals surface area contributed by atoms with Crippen molar-refractivity contribution in [3.8, 4) is 0 Å². The average Bonchev–Trinajstić information content (AvgIpc) is 3.01. The van der Waals surface area contributed by atoms with Gasteiger partial charge in [0.2, 0.25) is 0 Å². The van der Waals surface area contributed by atoms with E-state index >= 15 is 0 Å². The fourth-order valence-electron chi connectivity index (χ4n) is 3.34. The number of aromatic nitrogens is 3. The highest BCUT2D eigenvalue weighted by atomic mass is 16.5. The van der Waals surface area contributed by atoms with Crippen molar-refractivity contribution < 1.29 is 9.53 Å². The van der Waals surface area contributed by atoms with Gasteiger partial charge in [-0.05, 0) is 12.8 Å². The third-order valence-corrected chi connectivity index (χ3v) is 4.52. The molecule has 8 nitrogen and oxygen atoms in total. The number of piperazine rings is 1. The maximum atomic E-state index is 12.3. The van der Waals surface area contributed by atoms with Crippen LogP contribution in [0.25, 0.3) is 5.65 Å². The zero-order chi connectivity index (χ0) is 18.7. The molecule has 0 aliphatic carbocycles. The zero-order valence-electron chi connectivity index (χ0n) is 15.7. The van der Waals surface area contributed by atoms with E-state index in [1.165, 1.54) is 16.8 Å². The second kappa shape index (κ2) is 8.01. The van der Waals surface area contributed by atoms with Gasteiger partial charge < -0.3 is 9.64 Å². The molecule has 1 aliphatic rings. The average molecular weight is 361 g/mol. The van der Waals surface area contributed by atoms with Crippen molar-refractivity contribution in [2.75, 3.05) is 39.3 Å². The molecule has 0 saturated carbocycles. The Morgan fingerprint density at radius 1 is 1.27 bits per heavy atom. The molecule has 8 heteroatoms. The Bertz CT molecular complexity index is 818. The molecule has 142 valence electrons. The molecule has 0 radical (unpaired) electrons. The van der Waals surface area contributed by atoms with Crippen LogP contribution in [0.2, 0.25) is 0 Å². The van der Waals surface area contributed by atoms with Gasteiger partial charge in [-0.2, -0.15) is 0 Å². The summed E-state index contributed by atoms with van der Waals surface area (Å²) in [6.45, 7) is 12.2. The minimum absolute atomic E-state index is 0.223. The number of rotatable bonds is 6. The highest BCUT2D eigenvalue weighted by molar-refractivity contribution is 5.95. The van der Waals surface area contributed by atoms with Gasteiger partial charge in [0, 0.05) is 51.5 Å². The van der Waals surface area contributed by atoms with Crippen molar-refractivity contribution in [3.05, 3.63) is 33.9 Å². The van der Waals surface area contributed by atoms with E-state index in [1.54, 1.807) is 6.92 Å². The summed E-state index contributed by atoms with van der Waals surface area (Å²) in [4.78, 5) is 33.7. The lowest BCUT2D eigenvalue weighted by atomic mass is 10.2. The van der Waals surface area contributed by atoms with Crippen LogP contribution in [0, 0.1) is 5.92 Å². The van der Waals surface area contributed by atoms with E-state index < -0.39 is 5.97 Å². The number of ether oxygens (including phenoxy) is 1. The molecule has 0 unspecified atom stereocenters. The summed E-state index contributed by atoms with van der Waals surface area (Å²) < 4.78 is 6.31. The molecule has 1 fully saturated rings. The summed E-state index contributed by atoms with van der Waals surface area (Å²) in [5.74, 6) is 0.193. The lowest BCUT2D eigenvalue weighted by Crippen LogP contribution is -2.47. The number of esters is 1. The van der Waals surface area contributed by atoms with Gasteiger partial charge in [-0.15, -0.1) is 0 Å². The molecule has 1 aliphatic heterocycles. The Kier molecular flexibility index (Phi) is 5.73. The normalized spacial score (nSPS) is 16.5. The molecule has 3 rings (SSSR count). The minimum atomic E-state index is -0.474. The molecule has 0 amide bonds. The van der Waals surface area contributed by atoms with E-state index in [1.807, 2.05) is 0 Å². The third kappa shape index (κ3) is 4.13. The molecule has 3 heterocycles. The smallest absolute Gasteiger partial charge is 0.343 e. The van der Waals surface area contributed by atoms with Gasteiger partial charge in [-0.25, -0.2) is 14.3 Å². The van der Waals surface area contributed by atoms with Crippen LogP contribution >= 0.6 is 0 Å². The van der Waals surface area contributed by atoms with Crippen LogP contribution in [0.5, 0.6) is 0 Å². The Morgan fingerprint density at radius 2 is 1.96 bits per heavy atom. The standard InChI is InChI=1S/C18H27N5O3/c1-4-26-18(25)15-10-19-23-16(24)9-14(20-17(15)23)12-22-7-5-21(6-8-22)11-13(2)3/h9-10,13,19H,4-8,11-12H2,1-3H3. The number of fused-ring (bicyclic) bond motifs is 1. The summed E-state index contributed by atoms with van der Waals surface area (Å²) in [7, 11) is 0. The fourth-order valence-corrected chi connectivity index (χ4v) is 3.34. The maximum Gasteiger partial charge on any atom is 0.343 e. The number of hydrogen-bond donors (Lipinski definition) is 1. The van der Waals surface area contributed by atoms with Gasteiger partial charge in [-0.3, -0.25) is 14.8 Å². The van der Waals surface area contributed by atoms with E-state index in [0.717, 1.165) is 32.7 Å². The molecule has 2 aromatic heterocycles. The van der Waals surface area contributed by atoms with Crippen LogP contribution in [0.4, 0.5) is 0 Å². The number of aromatic amines is 1. The number of nitrogens with one attached hydrogen (secondary N) is 1. The molecule has 1 N–H and O–H groups in total. The first-order valence-electron chi connectivity index (χ1n) is 9.19. The predicted molar refractivity (Wildman–Crippen MR) is 98.3 cm³/mol. The Hall–Kier alpha value is -2.19. The van der Waals surface area contributed by atoms with E-state index in [2.05, 4.69) is 33.7 Å². The first-order chi connectivity index (χ1) is 12.5. The van der Waals surface area contributed by atoms with Gasteiger partial charge in [0.15, 0.2) is 5.65 Å². The van der Waals surface area contributed by atoms with Crippen molar-refractivity contribution in [2.45, 2.75) is 27.3 Å². The number of carbonyl (C=O) groups excluding carboxylic acids is 1. The highest BCUT2D eigenvalue weighted by Crippen LogP contribution is 2.11. The quantitative estimate of drug-likeness (QED) is 0.772. The highest BCUT2D eigenvalue weighted by Gasteiger charge is 2.20. The lowest BCUT2D eigenvalue weighted by Gasteiger charge is -2.35. The largest absolute Gasteiger partial charge is 0.462 e. The van der Waals surface area contributed by atoms with E-state index in [0.29, 0.717) is 23.8 Å². The molecular formula is C18H27N5O3. The van der Waals surface area contributed by atoms with Gasteiger partial charge in [-0.1, -0.05) is 13.8 Å². The Morgan fingerprint density at radius 3 is 2.62 bits per heavy atom. The van der Waals surface area contributed by atoms with Crippen molar-refractivity contribution in [1.29, 1.82) is 0 Å². The molecule has 0 aromatic carbocycles. The maximum absolute atomic E-state index is 12.3. The number of H-pyrrole nitrogens is 1. The second-order valence-corrected chi connectivity index (χ2v) is 7.12.